The summed E-state index contributed by atoms with van der Waals surface area (Å²) in [6.07, 6.45) is 0.639. The van der Waals surface area contributed by atoms with Crippen molar-refractivity contribution in [2.45, 2.75) is 37.5 Å². The zero-order valence-corrected chi connectivity index (χ0v) is 8.26. The number of hydrogen-bond donors (Lipinski definition) is 2. The van der Waals surface area contributed by atoms with E-state index < -0.39 is 21.9 Å². The highest BCUT2D eigenvalue weighted by atomic mass is 32.2. The van der Waals surface area contributed by atoms with Gasteiger partial charge < -0.3 is 15.4 Å². The SMILES string of the molecule is CC(C)(N)CC(CCO)S(=O)[O-]. The lowest BCUT2D eigenvalue weighted by molar-refractivity contribution is 0.276. The first-order valence-corrected chi connectivity index (χ1v) is 4.98. The summed E-state index contributed by atoms with van der Waals surface area (Å²) in [5.41, 5.74) is 5.15. The molecule has 4 nitrogen and oxygen atoms in total. The van der Waals surface area contributed by atoms with Crippen LogP contribution in [0.3, 0.4) is 0 Å². The number of hydrogen-bond acceptors (Lipinski definition) is 4. The topological polar surface area (TPSA) is 86.4 Å². The van der Waals surface area contributed by atoms with E-state index in [0.29, 0.717) is 6.42 Å². The van der Waals surface area contributed by atoms with Gasteiger partial charge in [-0.3, -0.25) is 4.21 Å². The Bertz CT molecular complexity index is 155. The minimum Gasteiger partial charge on any atom is -0.772 e. The lowest BCUT2D eigenvalue weighted by Crippen LogP contribution is -2.37. The highest BCUT2D eigenvalue weighted by Crippen LogP contribution is 2.14. The molecule has 5 heteroatoms. The Kier molecular flexibility index (Phi) is 4.92. The molecule has 0 bridgehead atoms. The molecule has 0 amide bonds. The number of aliphatic hydroxyl groups excluding tert-OH is 1. The number of rotatable bonds is 5. The van der Waals surface area contributed by atoms with Gasteiger partial charge in [-0.25, -0.2) is 0 Å². The third-order valence-corrected chi connectivity index (χ3v) is 2.42. The fourth-order valence-corrected chi connectivity index (χ4v) is 1.86. The first kappa shape index (κ1) is 12.0. The minimum atomic E-state index is -2.14. The maximum absolute atomic E-state index is 10.6. The molecule has 0 saturated carbocycles. The van der Waals surface area contributed by atoms with Gasteiger partial charge in [-0.05, 0) is 26.7 Å². The molecule has 0 aliphatic rings. The van der Waals surface area contributed by atoms with E-state index in [9.17, 15) is 8.76 Å². The summed E-state index contributed by atoms with van der Waals surface area (Å²) in [5, 5.41) is 8.04. The Hall–Kier alpha value is 0.0300. The fourth-order valence-electron chi connectivity index (χ4n) is 0.997. The van der Waals surface area contributed by atoms with Crippen molar-refractivity contribution in [1.29, 1.82) is 0 Å². The highest BCUT2D eigenvalue weighted by Gasteiger charge is 2.19. The fraction of sp³-hybridized carbons (Fsp3) is 1.00. The van der Waals surface area contributed by atoms with E-state index >= 15 is 0 Å². The molecule has 2 unspecified atom stereocenters. The van der Waals surface area contributed by atoms with Crippen LogP contribution in [0.2, 0.25) is 0 Å². The lowest BCUT2D eigenvalue weighted by Gasteiger charge is -2.26. The Morgan fingerprint density at radius 2 is 2.17 bits per heavy atom. The summed E-state index contributed by atoms with van der Waals surface area (Å²) in [5.74, 6) is 0. The average molecular weight is 194 g/mol. The molecule has 0 fully saturated rings. The molecule has 0 aromatic rings. The molecule has 0 aliphatic heterocycles. The summed E-state index contributed by atoms with van der Waals surface area (Å²) in [4.78, 5) is 0. The van der Waals surface area contributed by atoms with Gasteiger partial charge in [0.15, 0.2) is 0 Å². The molecule has 74 valence electrons. The molecule has 0 radical (unpaired) electrons. The standard InChI is InChI=1S/C7H17NO3S/c1-7(2,8)5-6(3-4-9)12(10)11/h6,9H,3-5,8H2,1-2H3,(H,10,11)/p-1. The zero-order valence-electron chi connectivity index (χ0n) is 7.45. The third-order valence-electron chi connectivity index (χ3n) is 1.48. The third kappa shape index (κ3) is 5.65. The van der Waals surface area contributed by atoms with Crippen LogP contribution in [-0.2, 0) is 11.1 Å². The summed E-state index contributed by atoms with van der Waals surface area (Å²) >= 11 is -2.14. The number of nitrogens with two attached hydrogens (primary N) is 1. The Labute approximate surface area is 75.4 Å². The molecule has 0 spiro atoms. The van der Waals surface area contributed by atoms with Crippen molar-refractivity contribution in [2.24, 2.45) is 5.73 Å². The second-order valence-corrected chi connectivity index (χ2v) is 4.78. The quantitative estimate of drug-likeness (QED) is 0.590. The molecule has 0 heterocycles. The molecule has 3 N–H and O–H groups in total. The van der Waals surface area contributed by atoms with E-state index in [1.165, 1.54) is 0 Å². The highest BCUT2D eigenvalue weighted by molar-refractivity contribution is 7.79. The molecular weight excluding hydrogens is 178 g/mol. The second kappa shape index (κ2) is 4.91. The molecule has 0 rings (SSSR count). The van der Waals surface area contributed by atoms with Crippen molar-refractivity contribution in [1.82, 2.24) is 0 Å². The van der Waals surface area contributed by atoms with Gasteiger partial charge in [-0.1, -0.05) is 11.1 Å². The first-order valence-electron chi connectivity index (χ1n) is 3.84. The van der Waals surface area contributed by atoms with Crippen molar-refractivity contribution in [3.63, 3.8) is 0 Å². The summed E-state index contributed by atoms with van der Waals surface area (Å²) in [6, 6.07) is 0. The molecule has 12 heavy (non-hydrogen) atoms. The van der Waals surface area contributed by atoms with Gasteiger partial charge in [0, 0.05) is 17.4 Å². The predicted molar refractivity (Wildman–Crippen MR) is 47.3 cm³/mol. The molecule has 0 aromatic heterocycles. The summed E-state index contributed by atoms with van der Waals surface area (Å²) in [7, 11) is 0. The van der Waals surface area contributed by atoms with Crippen LogP contribution >= 0.6 is 0 Å². The van der Waals surface area contributed by atoms with E-state index in [1.54, 1.807) is 13.8 Å². The zero-order chi connectivity index (χ0) is 9.78. The van der Waals surface area contributed by atoms with Crippen LogP contribution in [0.15, 0.2) is 0 Å². The van der Waals surface area contributed by atoms with Gasteiger partial charge in [0.1, 0.15) is 0 Å². The Morgan fingerprint density at radius 1 is 1.67 bits per heavy atom. The van der Waals surface area contributed by atoms with Crippen LogP contribution in [-0.4, -0.2) is 31.3 Å². The van der Waals surface area contributed by atoms with Crippen LogP contribution < -0.4 is 5.73 Å². The van der Waals surface area contributed by atoms with Gasteiger partial charge in [-0.2, -0.15) is 0 Å². The molecule has 0 aromatic carbocycles. The van der Waals surface area contributed by atoms with Crippen molar-refractivity contribution in [3.05, 3.63) is 0 Å². The lowest BCUT2D eigenvalue weighted by atomic mass is 9.99. The van der Waals surface area contributed by atoms with Crippen LogP contribution in [0, 0.1) is 0 Å². The van der Waals surface area contributed by atoms with Gasteiger partial charge in [-0.15, -0.1) is 0 Å². The van der Waals surface area contributed by atoms with Gasteiger partial charge in [0.2, 0.25) is 0 Å². The van der Waals surface area contributed by atoms with Gasteiger partial charge >= 0.3 is 0 Å². The van der Waals surface area contributed by atoms with Crippen LogP contribution in [0.1, 0.15) is 26.7 Å². The maximum Gasteiger partial charge on any atom is 0.0442 e. The van der Waals surface area contributed by atoms with E-state index in [-0.39, 0.29) is 13.0 Å². The first-order chi connectivity index (χ1) is 5.37. The largest absolute Gasteiger partial charge is 0.772 e. The smallest absolute Gasteiger partial charge is 0.0442 e. The Balaban J connectivity index is 4.05. The second-order valence-electron chi connectivity index (χ2n) is 3.59. The molecule has 0 saturated heterocycles. The predicted octanol–water partition coefficient (Wildman–Crippen LogP) is -0.256. The van der Waals surface area contributed by atoms with Crippen molar-refractivity contribution in [3.8, 4) is 0 Å². The molecule has 0 aliphatic carbocycles. The van der Waals surface area contributed by atoms with Crippen LogP contribution in [0.4, 0.5) is 0 Å². The van der Waals surface area contributed by atoms with Gasteiger partial charge in [0.05, 0.1) is 0 Å². The summed E-state index contributed by atoms with van der Waals surface area (Å²) in [6.45, 7) is 3.42. The Morgan fingerprint density at radius 3 is 2.42 bits per heavy atom. The average Bonchev–Trinajstić information content (AvgIpc) is 1.83. The van der Waals surface area contributed by atoms with E-state index in [2.05, 4.69) is 0 Å². The minimum absolute atomic E-state index is 0.116. The van der Waals surface area contributed by atoms with Gasteiger partial charge in [0.25, 0.3) is 0 Å². The van der Waals surface area contributed by atoms with Crippen molar-refractivity contribution >= 4 is 11.1 Å². The van der Waals surface area contributed by atoms with Crippen molar-refractivity contribution in [2.75, 3.05) is 6.61 Å². The monoisotopic (exact) mass is 194 g/mol. The maximum atomic E-state index is 10.6. The van der Waals surface area contributed by atoms with Crippen molar-refractivity contribution < 1.29 is 13.9 Å². The van der Waals surface area contributed by atoms with E-state index in [1.807, 2.05) is 0 Å². The normalized spacial score (nSPS) is 17.4. The van der Waals surface area contributed by atoms with E-state index in [0.717, 1.165) is 0 Å². The molecule has 2 atom stereocenters. The molecular formula is C7H16NO3S-. The van der Waals surface area contributed by atoms with Crippen LogP contribution in [0.25, 0.3) is 0 Å². The summed E-state index contributed by atoms with van der Waals surface area (Å²) < 4.78 is 21.2. The van der Waals surface area contributed by atoms with Crippen LogP contribution in [0.5, 0.6) is 0 Å². The van der Waals surface area contributed by atoms with E-state index in [4.69, 9.17) is 10.8 Å². The number of aliphatic hydroxyl groups is 1.